The van der Waals surface area contributed by atoms with Crippen molar-refractivity contribution in [2.24, 2.45) is 0 Å². The van der Waals surface area contributed by atoms with Gasteiger partial charge in [0.25, 0.3) is 17.4 Å². The number of benzene rings is 2. The molecule has 3 unspecified atom stereocenters. The first kappa shape index (κ1) is 41.3. The van der Waals surface area contributed by atoms with Crippen molar-refractivity contribution in [1.29, 1.82) is 0 Å². The van der Waals surface area contributed by atoms with E-state index in [2.05, 4.69) is 46.2 Å². The second-order valence-electron chi connectivity index (χ2n) is 13.0. The van der Waals surface area contributed by atoms with Gasteiger partial charge in [-0.15, -0.1) is 0 Å². The average Bonchev–Trinajstić information content (AvgIpc) is 3.74. The molecule has 302 valence electrons. The van der Waals surface area contributed by atoms with Gasteiger partial charge in [-0.3, -0.25) is 29.1 Å². The summed E-state index contributed by atoms with van der Waals surface area (Å²) in [5.74, 6) is -4.44. The second-order valence-corrected chi connectivity index (χ2v) is 15.4. The molecule has 3 atom stereocenters. The summed E-state index contributed by atoms with van der Waals surface area (Å²) in [6.07, 6.45) is 4.20. The number of carbonyl (C=O) groups excluding carboxylic acids is 3. The lowest BCUT2D eigenvalue weighted by molar-refractivity contribution is -0.142. The highest BCUT2D eigenvalue weighted by Crippen LogP contribution is 2.36. The van der Waals surface area contributed by atoms with Gasteiger partial charge in [-0.2, -0.15) is 4.98 Å². The number of nitrogens with zero attached hydrogens (tertiary/aromatic N) is 4. The summed E-state index contributed by atoms with van der Waals surface area (Å²) < 4.78 is 5.59. The Hall–Kier alpha value is -6.32. The van der Waals surface area contributed by atoms with Crippen molar-refractivity contribution in [2.75, 3.05) is 30.0 Å². The van der Waals surface area contributed by atoms with Gasteiger partial charge in [0.15, 0.2) is 11.2 Å². The molecule has 1 fully saturated rings. The maximum absolute atomic E-state index is 13.0. The fraction of sp³-hybridized carbons (Fsp3) is 0.297. The molecule has 1 aliphatic rings. The Kier molecular flexibility index (Phi) is 13.7. The largest absolute Gasteiger partial charge is 0.480 e. The molecular formula is C37H38N10O9S2. The van der Waals surface area contributed by atoms with Gasteiger partial charge in [0, 0.05) is 58.6 Å². The maximum atomic E-state index is 13.0. The second kappa shape index (κ2) is 19.2. The van der Waals surface area contributed by atoms with E-state index in [1.54, 1.807) is 42.6 Å². The number of carboxylic acids is 2. The zero-order chi connectivity index (χ0) is 41.2. The fourth-order valence-corrected chi connectivity index (χ4v) is 8.21. The van der Waals surface area contributed by atoms with Crippen molar-refractivity contribution in [2.45, 2.75) is 55.3 Å². The van der Waals surface area contributed by atoms with Crippen LogP contribution in [0.5, 0.6) is 0 Å². The third-order valence-corrected chi connectivity index (χ3v) is 11.3. The number of aromatic amines is 1. The summed E-state index contributed by atoms with van der Waals surface area (Å²) in [4.78, 5) is 94.6. The number of aliphatic carboxylic acids is 2. The van der Waals surface area contributed by atoms with E-state index in [1.165, 1.54) is 29.1 Å². The lowest BCUT2D eigenvalue weighted by atomic mass is 10.1. The van der Waals surface area contributed by atoms with Crippen LogP contribution in [-0.2, 0) is 25.7 Å². The molecular weight excluding hydrogens is 793 g/mol. The summed E-state index contributed by atoms with van der Waals surface area (Å²) in [5.41, 5.74) is 7.34. The zero-order valence-corrected chi connectivity index (χ0v) is 32.2. The number of carboxylic acid groups (broad SMARTS) is 2. The van der Waals surface area contributed by atoms with E-state index in [-0.39, 0.29) is 59.8 Å². The Morgan fingerprint density at radius 1 is 0.948 bits per heavy atom. The number of rotatable bonds is 18. The molecule has 1 saturated heterocycles. The Labute approximate surface area is 337 Å². The molecule has 0 spiro atoms. The number of carbonyl (C=O) groups is 5. The van der Waals surface area contributed by atoms with Gasteiger partial charge in [-0.1, -0.05) is 27.7 Å². The molecule has 19 nitrogen and oxygen atoms in total. The number of ether oxygens (including phenoxy) is 1. The Morgan fingerprint density at radius 3 is 2.48 bits per heavy atom. The summed E-state index contributed by atoms with van der Waals surface area (Å²) in [7, 11) is 2.41. The highest BCUT2D eigenvalue weighted by molar-refractivity contribution is 8.76. The first-order valence-corrected chi connectivity index (χ1v) is 20.2. The van der Waals surface area contributed by atoms with E-state index in [0.29, 0.717) is 45.9 Å². The molecule has 4 heterocycles. The number of amides is 3. The Morgan fingerprint density at radius 2 is 1.74 bits per heavy atom. The van der Waals surface area contributed by atoms with E-state index >= 15 is 0 Å². The highest BCUT2D eigenvalue weighted by atomic mass is 33.1. The van der Waals surface area contributed by atoms with Gasteiger partial charge < -0.3 is 42.0 Å². The van der Waals surface area contributed by atoms with E-state index < -0.39 is 41.4 Å². The third kappa shape index (κ3) is 10.7. The molecule has 21 heteroatoms. The lowest BCUT2D eigenvalue weighted by Gasteiger charge is -2.17. The maximum Gasteiger partial charge on any atom is 0.327 e. The van der Waals surface area contributed by atoms with Crippen molar-refractivity contribution in [1.82, 2.24) is 40.9 Å². The molecule has 0 bridgehead atoms. The topological polar surface area (TPSA) is 294 Å². The smallest absolute Gasteiger partial charge is 0.327 e. The van der Waals surface area contributed by atoms with Crippen molar-refractivity contribution in [3.8, 4) is 0 Å². The van der Waals surface area contributed by atoms with Crippen molar-refractivity contribution in [3.63, 3.8) is 0 Å². The van der Waals surface area contributed by atoms with Crippen LogP contribution in [0.15, 0.2) is 70.6 Å². The van der Waals surface area contributed by atoms with Gasteiger partial charge in [0.1, 0.15) is 12.1 Å². The van der Waals surface area contributed by atoms with Crippen LogP contribution in [0.25, 0.3) is 22.1 Å². The quantitative estimate of drug-likeness (QED) is 0.0588. The van der Waals surface area contributed by atoms with Gasteiger partial charge >= 0.3 is 11.9 Å². The predicted octanol–water partition coefficient (Wildman–Crippen LogP) is 2.34. The Balaban J connectivity index is 0.967. The van der Waals surface area contributed by atoms with E-state index in [0.717, 1.165) is 23.6 Å². The van der Waals surface area contributed by atoms with Gasteiger partial charge in [-0.05, 0) is 61.7 Å². The van der Waals surface area contributed by atoms with Crippen LogP contribution in [0.2, 0.25) is 0 Å². The standard InChI is InChI=1S/C37H38N10O9S2/c38-37-46-31-30(34(51)47-37)43-21(16-41-31)15-40-20-7-5-19(6-8-20)32(49)45-25(35(52)53)10-12-28(48)44-26(36(54)55)18-57-58-27-11-9-24(23-4-1-13-39-29(23)27)33(50)42-17-22-3-2-14-56-22/h1,4-9,11,13,16,22,25-26,40H,2-3,10,12,14-15,17-18H2,(H,42,50)(H,44,48)(H,45,49)(H,52,53)(H,54,55)(H3,38,41,46,47,51). The molecule has 0 radical (unpaired) electrons. The Bertz CT molecular complexity index is 2390. The van der Waals surface area contributed by atoms with E-state index in [1.807, 2.05) is 0 Å². The molecule has 6 rings (SSSR count). The normalized spacial score (nSPS) is 14.7. The minimum Gasteiger partial charge on any atom is -0.480 e. The molecule has 1 aliphatic heterocycles. The van der Waals surface area contributed by atoms with E-state index in [9.17, 15) is 39.0 Å². The van der Waals surface area contributed by atoms with Crippen LogP contribution >= 0.6 is 21.6 Å². The molecule has 3 aromatic heterocycles. The summed E-state index contributed by atoms with van der Waals surface area (Å²) >= 11 is 0. The van der Waals surface area contributed by atoms with Gasteiger partial charge in [0.05, 0.1) is 30.1 Å². The lowest BCUT2D eigenvalue weighted by Crippen LogP contribution is -2.44. The summed E-state index contributed by atoms with van der Waals surface area (Å²) in [6, 6.07) is 10.3. The molecule has 9 N–H and O–H groups in total. The number of nitrogens with two attached hydrogens (primary N) is 1. The van der Waals surface area contributed by atoms with Crippen LogP contribution in [0.1, 0.15) is 52.1 Å². The summed E-state index contributed by atoms with van der Waals surface area (Å²) in [6.45, 7) is 1.27. The number of aromatic nitrogens is 5. The van der Waals surface area contributed by atoms with Crippen LogP contribution in [-0.4, -0.2) is 102 Å². The highest BCUT2D eigenvalue weighted by Gasteiger charge is 2.25. The number of fused-ring (bicyclic) bond motifs is 2. The number of nitrogens with one attached hydrogen (secondary N) is 5. The van der Waals surface area contributed by atoms with Crippen LogP contribution in [0, 0.1) is 0 Å². The summed E-state index contributed by atoms with van der Waals surface area (Å²) in [5, 5.41) is 31.0. The minimum absolute atomic E-state index is 0.0106. The molecule has 3 amide bonds. The van der Waals surface area contributed by atoms with E-state index in [4.69, 9.17) is 10.5 Å². The SMILES string of the molecule is Nc1nc2ncc(CNc3ccc(C(=O)NC(CCC(=O)NC(CSSc4ccc(C(=O)NCC5CCCO5)c5cccnc45)C(=O)O)C(=O)O)cc3)nc2c(=O)[nH]1. The molecule has 58 heavy (non-hydrogen) atoms. The monoisotopic (exact) mass is 830 g/mol. The molecule has 0 aliphatic carbocycles. The van der Waals surface area contributed by atoms with Gasteiger partial charge in [0.2, 0.25) is 11.9 Å². The number of hydrogen-bond donors (Lipinski definition) is 8. The number of hydrogen-bond acceptors (Lipinski definition) is 15. The number of nitrogen functional groups attached to an aromatic ring is 1. The van der Waals surface area contributed by atoms with Crippen LogP contribution in [0.4, 0.5) is 11.6 Å². The van der Waals surface area contributed by atoms with Crippen LogP contribution < -0.4 is 32.6 Å². The van der Waals surface area contributed by atoms with Crippen molar-refractivity contribution in [3.05, 3.63) is 88.1 Å². The van der Waals surface area contributed by atoms with Crippen molar-refractivity contribution >= 4 is 85.0 Å². The number of anilines is 2. The first-order chi connectivity index (χ1) is 27.9. The predicted molar refractivity (Wildman–Crippen MR) is 215 cm³/mol. The number of H-pyrrole nitrogens is 1. The molecule has 5 aromatic rings. The number of pyridine rings is 1. The van der Waals surface area contributed by atoms with Crippen molar-refractivity contribution < 1.29 is 38.9 Å². The first-order valence-electron chi connectivity index (χ1n) is 17.9. The zero-order valence-electron chi connectivity index (χ0n) is 30.6. The van der Waals surface area contributed by atoms with Gasteiger partial charge in [-0.25, -0.2) is 19.6 Å². The molecule has 2 aromatic carbocycles. The molecule has 0 saturated carbocycles. The fourth-order valence-electron chi connectivity index (χ4n) is 5.89. The minimum atomic E-state index is -1.44. The van der Waals surface area contributed by atoms with Crippen LogP contribution in [0.3, 0.4) is 0 Å². The third-order valence-electron chi connectivity index (χ3n) is 8.88. The average molecular weight is 831 g/mol.